The highest BCUT2D eigenvalue weighted by atomic mass is 15.3. The molecule has 2 aromatic rings. The second-order valence-electron chi connectivity index (χ2n) is 3.38. The van der Waals surface area contributed by atoms with Crippen LogP contribution in [0, 0.1) is 0 Å². The van der Waals surface area contributed by atoms with Gasteiger partial charge in [0.25, 0.3) is 0 Å². The minimum absolute atomic E-state index is 0.168. The van der Waals surface area contributed by atoms with Gasteiger partial charge in [-0.3, -0.25) is 9.36 Å². The minimum Gasteiger partial charge on any atom is -0.396 e. The van der Waals surface area contributed by atoms with E-state index >= 15 is 0 Å². The van der Waals surface area contributed by atoms with Gasteiger partial charge in [-0.25, -0.2) is 0 Å². The van der Waals surface area contributed by atoms with Crippen molar-refractivity contribution in [3.05, 3.63) is 30.4 Å². The summed E-state index contributed by atoms with van der Waals surface area (Å²) < 4.78 is 3.60. The number of rotatable bonds is 2. The minimum atomic E-state index is 0.168. The van der Waals surface area contributed by atoms with Gasteiger partial charge in [-0.15, -0.1) is 0 Å². The number of anilines is 1. The van der Waals surface area contributed by atoms with Crippen LogP contribution >= 0.6 is 0 Å². The maximum absolute atomic E-state index is 5.60. The summed E-state index contributed by atoms with van der Waals surface area (Å²) in [5.74, 6) is 0. The van der Waals surface area contributed by atoms with Crippen LogP contribution in [0.25, 0.3) is 0 Å². The highest BCUT2D eigenvalue weighted by molar-refractivity contribution is 5.31. The van der Waals surface area contributed by atoms with Gasteiger partial charge in [-0.05, 0) is 6.92 Å². The first-order valence-electron chi connectivity index (χ1n) is 4.45. The molecule has 2 rings (SSSR count). The van der Waals surface area contributed by atoms with Gasteiger partial charge in [0.2, 0.25) is 0 Å². The number of nitrogens with two attached hydrogens (primary N) is 1. The summed E-state index contributed by atoms with van der Waals surface area (Å²) in [6.07, 6.45) is 7.27. The Morgan fingerprint density at radius 2 is 2.07 bits per heavy atom. The Balaban J connectivity index is 2.28. The Morgan fingerprint density at radius 3 is 2.57 bits per heavy atom. The zero-order valence-corrected chi connectivity index (χ0v) is 8.25. The molecule has 0 aliphatic heterocycles. The average molecular weight is 191 g/mol. The third-order valence-electron chi connectivity index (χ3n) is 2.23. The van der Waals surface area contributed by atoms with Crippen molar-refractivity contribution in [1.29, 1.82) is 0 Å². The molecule has 14 heavy (non-hydrogen) atoms. The van der Waals surface area contributed by atoms with Crippen LogP contribution in [-0.4, -0.2) is 19.6 Å². The molecule has 2 aromatic heterocycles. The normalized spacial score (nSPS) is 13.0. The number of hydrogen-bond donors (Lipinski definition) is 1. The lowest BCUT2D eigenvalue weighted by Gasteiger charge is -2.08. The van der Waals surface area contributed by atoms with E-state index in [9.17, 15) is 0 Å². The Kier molecular flexibility index (Phi) is 1.99. The van der Waals surface area contributed by atoms with Crippen molar-refractivity contribution in [2.45, 2.75) is 13.0 Å². The van der Waals surface area contributed by atoms with Crippen molar-refractivity contribution in [1.82, 2.24) is 19.6 Å². The molecule has 0 aliphatic carbocycles. The molecule has 2 N–H and O–H groups in total. The fourth-order valence-electron chi connectivity index (χ4n) is 1.37. The topological polar surface area (TPSA) is 61.7 Å². The highest BCUT2D eigenvalue weighted by Gasteiger charge is 2.09. The van der Waals surface area contributed by atoms with E-state index in [0.717, 1.165) is 5.56 Å². The van der Waals surface area contributed by atoms with E-state index in [1.807, 2.05) is 30.3 Å². The molecule has 0 fully saturated rings. The number of hydrogen-bond acceptors (Lipinski definition) is 3. The molecule has 0 bridgehead atoms. The van der Waals surface area contributed by atoms with Gasteiger partial charge >= 0.3 is 0 Å². The molecule has 0 saturated heterocycles. The van der Waals surface area contributed by atoms with E-state index in [-0.39, 0.29) is 6.04 Å². The summed E-state index contributed by atoms with van der Waals surface area (Å²) >= 11 is 0. The molecule has 1 atom stereocenters. The largest absolute Gasteiger partial charge is 0.396 e. The van der Waals surface area contributed by atoms with Crippen molar-refractivity contribution in [2.24, 2.45) is 7.05 Å². The number of nitrogens with zero attached hydrogens (tertiary/aromatic N) is 4. The van der Waals surface area contributed by atoms with Gasteiger partial charge in [0.05, 0.1) is 24.1 Å². The first-order valence-corrected chi connectivity index (χ1v) is 4.45. The third-order valence-corrected chi connectivity index (χ3v) is 2.23. The summed E-state index contributed by atoms with van der Waals surface area (Å²) in [6.45, 7) is 2.06. The van der Waals surface area contributed by atoms with Gasteiger partial charge in [0, 0.05) is 25.0 Å². The lowest BCUT2D eigenvalue weighted by Crippen LogP contribution is -2.06. The average Bonchev–Trinajstić information content (AvgIpc) is 2.73. The maximum Gasteiger partial charge on any atom is 0.0771 e. The molecule has 5 heteroatoms. The van der Waals surface area contributed by atoms with Crippen LogP contribution in [0.5, 0.6) is 0 Å². The SMILES string of the molecule is C[C@H](c1cnn(C)c1)n1cc(N)cn1. The van der Waals surface area contributed by atoms with E-state index in [1.165, 1.54) is 0 Å². The Morgan fingerprint density at radius 1 is 1.29 bits per heavy atom. The zero-order valence-electron chi connectivity index (χ0n) is 8.25. The van der Waals surface area contributed by atoms with Crippen molar-refractivity contribution >= 4 is 5.69 Å². The second-order valence-corrected chi connectivity index (χ2v) is 3.38. The molecule has 0 aliphatic rings. The van der Waals surface area contributed by atoms with Crippen LogP contribution in [0.15, 0.2) is 24.8 Å². The standard InChI is InChI=1S/C9H13N5/c1-7(8-3-11-13(2)5-8)14-6-9(10)4-12-14/h3-7H,10H2,1-2H3/t7-/m1/s1. The van der Waals surface area contributed by atoms with Crippen molar-refractivity contribution in [2.75, 3.05) is 5.73 Å². The first-order chi connectivity index (χ1) is 6.66. The van der Waals surface area contributed by atoms with Gasteiger partial charge < -0.3 is 5.73 Å². The summed E-state index contributed by atoms with van der Waals surface area (Å²) in [7, 11) is 1.90. The predicted octanol–water partition coefficient (Wildman–Crippen LogP) is 0.808. The lowest BCUT2D eigenvalue weighted by molar-refractivity contribution is 0.564. The van der Waals surface area contributed by atoms with Gasteiger partial charge in [-0.2, -0.15) is 10.2 Å². The summed E-state index contributed by atoms with van der Waals surface area (Å²) in [5, 5.41) is 8.27. The van der Waals surface area contributed by atoms with Crippen LogP contribution in [0.2, 0.25) is 0 Å². The Labute approximate surface area is 82.1 Å². The second kappa shape index (κ2) is 3.17. The van der Waals surface area contributed by atoms with E-state index in [4.69, 9.17) is 5.73 Å². The van der Waals surface area contributed by atoms with Gasteiger partial charge in [0.1, 0.15) is 0 Å². The van der Waals surface area contributed by atoms with Crippen LogP contribution in [0.3, 0.4) is 0 Å². The van der Waals surface area contributed by atoms with Gasteiger partial charge in [-0.1, -0.05) is 0 Å². The van der Waals surface area contributed by atoms with Crippen LogP contribution in [-0.2, 0) is 7.05 Å². The molecular weight excluding hydrogens is 178 g/mol. The van der Waals surface area contributed by atoms with E-state index in [0.29, 0.717) is 5.69 Å². The maximum atomic E-state index is 5.60. The monoisotopic (exact) mass is 191 g/mol. The fourth-order valence-corrected chi connectivity index (χ4v) is 1.37. The van der Waals surface area contributed by atoms with E-state index < -0.39 is 0 Å². The third kappa shape index (κ3) is 1.48. The Bertz CT molecular complexity index is 388. The van der Waals surface area contributed by atoms with Crippen LogP contribution in [0.1, 0.15) is 18.5 Å². The van der Waals surface area contributed by atoms with Crippen LogP contribution in [0.4, 0.5) is 5.69 Å². The van der Waals surface area contributed by atoms with Gasteiger partial charge in [0.15, 0.2) is 0 Å². The molecule has 2 heterocycles. The molecule has 0 saturated carbocycles. The fraction of sp³-hybridized carbons (Fsp3) is 0.333. The summed E-state index contributed by atoms with van der Waals surface area (Å²) in [6, 6.07) is 0.168. The quantitative estimate of drug-likeness (QED) is 0.764. The number of aromatic nitrogens is 4. The summed E-state index contributed by atoms with van der Waals surface area (Å²) in [5.41, 5.74) is 7.40. The lowest BCUT2D eigenvalue weighted by atomic mass is 10.2. The summed E-state index contributed by atoms with van der Waals surface area (Å²) in [4.78, 5) is 0. The van der Waals surface area contributed by atoms with Crippen molar-refractivity contribution < 1.29 is 0 Å². The zero-order chi connectivity index (χ0) is 10.1. The molecule has 0 radical (unpaired) electrons. The predicted molar refractivity (Wildman–Crippen MR) is 53.7 cm³/mol. The smallest absolute Gasteiger partial charge is 0.0771 e. The Hall–Kier alpha value is -1.78. The van der Waals surface area contributed by atoms with E-state index in [2.05, 4.69) is 17.1 Å². The van der Waals surface area contributed by atoms with Crippen molar-refractivity contribution in [3.63, 3.8) is 0 Å². The number of nitrogen functional groups attached to an aromatic ring is 1. The molecule has 0 unspecified atom stereocenters. The highest BCUT2D eigenvalue weighted by Crippen LogP contribution is 2.16. The number of aryl methyl sites for hydroxylation is 1. The first kappa shape index (κ1) is 8.80. The molecule has 0 aromatic carbocycles. The van der Waals surface area contributed by atoms with Crippen LogP contribution < -0.4 is 5.73 Å². The molecule has 0 amide bonds. The molecule has 5 nitrogen and oxygen atoms in total. The van der Waals surface area contributed by atoms with E-state index in [1.54, 1.807) is 10.9 Å². The molecule has 74 valence electrons. The molecule has 0 spiro atoms. The molecular formula is C9H13N5. The van der Waals surface area contributed by atoms with Crippen molar-refractivity contribution in [3.8, 4) is 0 Å².